The predicted molar refractivity (Wildman–Crippen MR) is 86.0 cm³/mol. The molecule has 1 aliphatic heterocycles. The number of rotatable bonds is 0. The maximum atomic E-state index is 11.8. The lowest BCUT2D eigenvalue weighted by molar-refractivity contribution is -0.127. The van der Waals surface area contributed by atoms with Crippen LogP contribution in [0.4, 0.5) is 0 Å². The summed E-state index contributed by atoms with van der Waals surface area (Å²) in [6.07, 6.45) is 9.40. The van der Waals surface area contributed by atoms with Crippen molar-refractivity contribution in [2.45, 2.75) is 65.0 Å². The van der Waals surface area contributed by atoms with E-state index < -0.39 is 0 Å². The number of fused-ring (bicyclic) bond motifs is 5. The van der Waals surface area contributed by atoms with Gasteiger partial charge in [0.1, 0.15) is 0 Å². The molecule has 8 atom stereocenters. The Kier molecular flexibility index (Phi) is 3.08. The Morgan fingerprint density at radius 3 is 2.77 bits per heavy atom. The summed E-state index contributed by atoms with van der Waals surface area (Å²) in [6.45, 7) is 7.05. The number of aliphatic hydroxyl groups excluding tert-OH is 1. The van der Waals surface area contributed by atoms with Crippen molar-refractivity contribution >= 4 is 5.91 Å². The highest BCUT2D eigenvalue weighted by molar-refractivity contribution is 5.89. The van der Waals surface area contributed by atoms with E-state index in [9.17, 15) is 9.90 Å². The molecule has 3 saturated carbocycles. The van der Waals surface area contributed by atoms with Crippen molar-refractivity contribution in [3.63, 3.8) is 0 Å². The van der Waals surface area contributed by atoms with Crippen LogP contribution in [0.5, 0.6) is 0 Å². The molecule has 3 heteroatoms. The highest BCUT2D eigenvalue weighted by atomic mass is 16.3. The lowest BCUT2D eigenvalue weighted by Gasteiger charge is -2.60. The van der Waals surface area contributed by atoms with Crippen LogP contribution in [-0.2, 0) is 4.79 Å². The number of hydrogen-bond donors (Lipinski definition) is 2. The summed E-state index contributed by atoms with van der Waals surface area (Å²) in [5.74, 6) is 2.69. The molecule has 4 rings (SSSR count). The first-order chi connectivity index (χ1) is 10.4. The van der Waals surface area contributed by atoms with Crippen LogP contribution in [0.25, 0.3) is 0 Å². The molecule has 0 spiro atoms. The Morgan fingerprint density at radius 1 is 1.23 bits per heavy atom. The Hall–Kier alpha value is -0.830. The molecule has 0 saturated heterocycles. The average Bonchev–Trinajstić information content (AvgIpc) is 2.77. The summed E-state index contributed by atoms with van der Waals surface area (Å²) in [6, 6.07) is 0.289. The van der Waals surface area contributed by atoms with Crippen LogP contribution in [0.15, 0.2) is 12.2 Å². The lowest BCUT2D eigenvalue weighted by Crippen LogP contribution is -2.61. The van der Waals surface area contributed by atoms with Crippen molar-refractivity contribution in [3.05, 3.63) is 12.2 Å². The van der Waals surface area contributed by atoms with Gasteiger partial charge in [-0.05, 0) is 67.3 Å². The minimum absolute atomic E-state index is 0.0741. The zero-order valence-corrected chi connectivity index (χ0v) is 14.0. The Morgan fingerprint density at radius 2 is 2.00 bits per heavy atom. The number of carbonyl (C=O) groups excluding carboxylic acids is 1. The Balaban J connectivity index is 1.73. The molecule has 122 valence electrons. The van der Waals surface area contributed by atoms with Gasteiger partial charge in [0.05, 0.1) is 6.10 Å². The molecular formula is C19H29NO2. The molecule has 0 radical (unpaired) electrons. The molecule has 0 aromatic rings. The normalized spacial score (nSPS) is 56.8. The fourth-order valence-corrected chi connectivity index (χ4v) is 6.66. The molecule has 0 unspecified atom stereocenters. The van der Waals surface area contributed by atoms with Gasteiger partial charge < -0.3 is 10.4 Å². The van der Waals surface area contributed by atoms with Gasteiger partial charge in [0, 0.05) is 11.5 Å². The Labute approximate surface area is 133 Å². The molecule has 0 bridgehead atoms. The third-order valence-electron chi connectivity index (χ3n) is 8.01. The van der Waals surface area contributed by atoms with Crippen LogP contribution in [0.3, 0.4) is 0 Å². The van der Waals surface area contributed by atoms with Gasteiger partial charge in [0.25, 0.3) is 0 Å². The Bertz CT molecular complexity index is 530. The van der Waals surface area contributed by atoms with E-state index >= 15 is 0 Å². The van der Waals surface area contributed by atoms with Crippen LogP contribution in [-0.4, -0.2) is 23.2 Å². The van der Waals surface area contributed by atoms with E-state index in [2.05, 4.69) is 32.2 Å². The molecule has 1 heterocycles. The van der Waals surface area contributed by atoms with Crippen molar-refractivity contribution in [3.8, 4) is 0 Å². The first kappa shape index (κ1) is 14.7. The fourth-order valence-electron chi connectivity index (χ4n) is 6.66. The largest absolute Gasteiger partial charge is 0.393 e. The molecule has 2 N–H and O–H groups in total. The lowest BCUT2D eigenvalue weighted by atomic mass is 9.46. The van der Waals surface area contributed by atoms with Gasteiger partial charge in [0.2, 0.25) is 5.91 Å². The van der Waals surface area contributed by atoms with Gasteiger partial charge in [-0.3, -0.25) is 4.79 Å². The second kappa shape index (κ2) is 4.59. The summed E-state index contributed by atoms with van der Waals surface area (Å²) in [5, 5.41) is 13.7. The van der Waals surface area contributed by atoms with Crippen LogP contribution < -0.4 is 5.32 Å². The maximum absolute atomic E-state index is 11.8. The molecule has 0 aromatic heterocycles. The molecule has 3 nitrogen and oxygen atoms in total. The number of nitrogens with one attached hydrogen (secondary N) is 1. The van der Waals surface area contributed by atoms with Crippen molar-refractivity contribution < 1.29 is 9.90 Å². The van der Waals surface area contributed by atoms with E-state index in [1.165, 1.54) is 12.8 Å². The number of amides is 1. The minimum Gasteiger partial charge on any atom is -0.393 e. The van der Waals surface area contributed by atoms with Gasteiger partial charge in [-0.1, -0.05) is 26.8 Å². The summed E-state index contributed by atoms with van der Waals surface area (Å²) >= 11 is 0. The smallest absolute Gasteiger partial charge is 0.243 e. The zero-order valence-electron chi connectivity index (χ0n) is 14.0. The maximum Gasteiger partial charge on any atom is 0.243 e. The van der Waals surface area contributed by atoms with Gasteiger partial charge in [-0.2, -0.15) is 0 Å². The van der Waals surface area contributed by atoms with E-state index in [4.69, 9.17) is 0 Å². The van der Waals surface area contributed by atoms with E-state index in [1.54, 1.807) is 6.08 Å². The first-order valence-corrected chi connectivity index (χ1v) is 9.04. The molecule has 1 amide bonds. The zero-order chi connectivity index (χ0) is 15.7. The second-order valence-corrected chi connectivity index (χ2v) is 8.90. The van der Waals surface area contributed by atoms with Crippen LogP contribution in [0.1, 0.15) is 52.9 Å². The summed E-state index contributed by atoms with van der Waals surface area (Å²) in [4.78, 5) is 11.8. The highest BCUT2D eigenvalue weighted by Gasteiger charge is 2.61. The van der Waals surface area contributed by atoms with Crippen LogP contribution in [0.2, 0.25) is 0 Å². The minimum atomic E-state index is -0.113. The summed E-state index contributed by atoms with van der Waals surface area (Å²) in [7, 11) is 0. The third-order valence-corrected chi connectivity index (χ3v) is 8.01. The van der Waals surface area contributed by atoms with Crippen LogP contribution in [0, 0.1) is 34.5 Å². The van der Waals surface area contributed by atoms with E-state index in [-0.39, 0.29) is 28.9 Å². The molecule has 0 aromatic carbocycles. The number of hydrogen-bond acceptors (Lipinski definition) is 2. The molecule has 22 heavy (non-hydrogen) atoms. The standard InChI is InChI=1S/C19H29NO2/c1-11-10-14-18(2,9-7-16(22)20-14)13-6-8-19(3)12(17(11)13)4-5-15(19)21/h7,9,11-15,17,21H,4-6,8,10H2,1-3H3,(H,20,22)/t11-,12-,13-,14+,15+,17-,18+,19-/m0/s1. The van der Waals surface area contributed by atoms with Gasteiger partial charge in [0.15, 0.2) is 0 Å². The van der Waals surface area contributed by atoms with Crippen molar-refractivity contribution in [1.82, 2.24) is 5.32 Å². The number of carbonyl (C=O) groups is 1. The quantitative estimate of drug-likeness (QED) is 0.723. The summed E-state index contributed by atoms with van der Waals surface area (Å²) in [5.41, 5.74) is 0.222. The van der Waals surface area contributed by atoms with Gasteiger partial charge >= 0.3 is 0 Å². The topological polar surface area (TPSA) is 49.3 Å². The monoisotopic (exact) mass is 303 g/mol. The average molecular weight is 303 g/mol. The van der Waals surface area contributed by atoms with Gasteiger partial charge in [-0.25, -0.2) is 0 Å². The van der Waals surface area contributed by atoms with E-state index in [0.717, 1.165) is 19.3 Å². The summed E-state index contributed by atoms with van der Waals surface area (Å²) < 4.78 is 0. The van der Waals surface area contributed by atoms with Crippen molar-refractivity contribution in [2.75, 3.05) is 0 Å². The van der Waals surface area contributed by atoms with Gasteiger partial charge in [-0.15, -0.1) is 0 Å². The SMILES string of the molecule is C[C@H]1C[C@H]2NC(=O)C=C[C@]2(C)[C@H]2CC[C@]3(C)[C@H](O)CC[C@H]3[C@H]12. The van der Waals surface area contributed by atoms with Crippen molar-refractivity contribution in [1.29, 1.82) is 0 Å². The second-order valence-electron chi connectivity index (χ2n) is 8.90. The van der Waals surface area contributed by atoms with E-state index in [1.807, 2.05) is 0 Å². The fraction of sp³-hybridized carbons (Fsp3) is 0.842. The molecule has 3 fully saturated rings. The molecule has 4 aliphatic rings. The number of aliphatic hydroxyl groups is 1. The first-order valence-electron chi connectivity index (χ1n) is 9.04. The molecule has 3 aliphatic carbocycles. The predicted octanol–water partition coefficient (Wildman–Crippen LogP) is 2.89. The third kappa shape index (κ3) is 1.75. The highest BCUT2D eigenvalue weighted by Crippen LogP contribution is 2.64. The van der Waals surface area contributed by atoms with Crippen molar-refractivity contribution in [2.24, 2.45) is 34.5 Å². The molecular weight excluding hydrogens is 274 g/mol. The van der Waals surface area contributed by atoms with Crippen LogP contribution >= 0.6 is 0 Å². The van der Waals surface area contributed by atoms with E-state index in [0.29, 0.717) is 23.7 Å².